The van der Waals surface area contributed by atoms with Crippen LogP contribution in [-0.4, -0.2) is 26.1 Å². The molecule has 0 radical (unpaired) electrons. The molecule has 1 nitrogen and oxygen atoms in total. The van der Waals surface area contributed by atoms with Crippen LogP contribution in [0.15, 0.2) is 30.3 Å². The Bertz CT molecular complexity index is 298. The second-order valence-corrected chi connectivity index (χ2v) is 10.8. The summed E-state index contributed by atoms with van der Waals surface area (Å²) in [6.45, 7) is 8.81. The Morgan fingerprint density at radius 2 is 1.67 bits per heavy atom. The van der Waals surface area contributed by atoms with Gasteiger partial charge in [-0.2, -0.15) is 0 Å². The van der Waals surface area contributed by atoms with Gasteiger partial charge in [-0.25, -0.2) is 0 Å². The summed E-state index contributed by atoms with van der Waals surface area (Å²) in [5.41, 5.74) is 1.46. The fourth-order valence-corrected chi connectivity index (χ4v) is 4.25. The Labute approximate surface area is 94.1 Å². The molecule has 0 N–H and O–H groups in total. The first-order valence-corrected chi connectivity index (χ1v) is 9.33. The minimum atomic E-state index is -0.791. The van der Waals surface area contributed by atoms with Crippen LogP contribution >= 0.6 is 0 Å². The van der Waals surface area contributed by atoms with Gasteiger partial charge in [-0.15, -0.1) is 0 Å². The highest BCUT2D eigenvalue weighted by Crippen LogP contribution is 2.22. The molecule has 1 heterocycles. The molecule has 1 fully saturated rings. The zero-order chi connectivity index (χ0) is 10.7. The molecule has 0 bridgehead atoms. The standard InChI is InChI=1S/C13H21NSi/c1-15(2)10-8-14(9-11-15)12-13-6-4-3-5-7-13/h3-7H,8-12H2,1-2H3. The molecular formula is C13H21NSi. The number of hydrogen-bond acceptors (Lipinski definition) is 1. The van der Waals surface area contributed by atoms with E-state index in [0.717, 1.165) is 6.54 Å². The van der Waals surface area contributed by atoms with E-state index in [9.17, 15) is 0 Å². The predicted octanol–water partition coefficient (Wildman–Crippen LogP) is 3.21. The monoisotopic (exact) mass is 219 g/mol. The average molecular weight is 219 g/mol. The van der Waals surface area contributed by atoms with Gasteiger partial charge >= 0.3 is 0 Å². The van der Waals surface area contributed by atoms with E-state index in [1.165, 1.54) is 30.7 Å². The Kier molecular flexibility index (Phi) is 3.27. The van der Waals surface area contributed by atoms with Crippen LogP contribution < -0.4 is 0 Å². The molecule has 2 heteroatoms. The molecule has 1 aliphatic rings. The van der Waals surface area contributed by atoms with Crippen molar-refractivity contribution in [2.75, 3.05) is 13.1 Å². The quantitative estimate of drug-likeness (QED) is 0.690. The molecule has 1 aliphatic heterocycles. The Morgan fingerprint density at radius 1 is 1.07 bits per heavy atom. The third-order valence-electron chi connectivity index (χ3n) is 3.46. The second kappa shape index (κ2) is 4.50. The highest BCUT2D eigenvalue weighted by molar-refractivity contribution is 6.77. The molecule has 15 heavy (non-hydrogen) atoms. The van der Waals surface area contributed by atoms with Crippen LogP contribution in [0, 0.1) is 0 Å². The average Bonchev–Trinajstić information content (AvgIpc) is 2.23. The van der Waals surface area contributed by atoms with Crippen molar-refractivity contribution in [3.8, 4) is 0 Å². The minimum absolute atomic E-state index is 0.791. The van der Waals surface area contributed by atoms with Gasteiger partial charge in [-0.3, -0.25) is 4.90 Å². The first kappa shape index (κ1) is 10.9. The van der Waals surface area contributed by atoms with Crippen molar-refractivity contribution in [2.45, 2.75) is 31.7 Å². The lowest BCUT2D eigenvalue weighted by atomic mass is 10.2. The minimum Gasteiger partial charge on any atom is -0.300 e. The van der Waals surface area contributed by atoms with Crippen molar-refractivity contribution < 1.29 is 0 Å². The molecule has 0 atom stereocenters. The maximum Gasteiger partial charge on any atom is 0.0498 e. The second-order valence-electron chi connectivity index (χ2n) is 5.43. The number of nitrogens with zero attached hydrogens (tertiary/aromatic N) is 1. The Balaban J connectivity index is 1.88. The Hall–Kier alpha value is -0.603. The lowest BCUT2D eigenvalue weighted by Crippen LogP contribution is -2.42. The summed E-state index contributed by atoms with van der Waals surface area (Å²) in [5.74, 6) is 0. The van der Waals surface area contributed by atoms with Crippen LogP contribution in [-0.2, 0) is 6.54 Å². The lowest BCUT2D eigenvalue weighted by Gasteiger charge is -2.35. The van der Waals surface area contributed by atoms with Crippen molar-refractivity contribution >= 4 is 8.07 Å². The van der Waals surface area contributed by atoms with Crippen molar-refractivity contribution in [1.82, 2.24) is 4.90 Å². The summed E-state index contributed by atoms with van der Waals surface area (Å²) in [6.07, 6.45) is 0. The highest BCUT2D eigenvalue weighted by Gasteiger charge is 2.26. The molecule has 1 aromatic carbocycles. The number of rotatable bonds is 2. The van der Waals surface area contributed by atoms with Crippen molar-refractivity contribution in [3.63, 3.8) is 0 Å². The molecule has 1 aromatic rings. The van der Waals surface area contributed by atoms with E-state index in [1.807, 2.05) is 0 Å². The molecule has 1 saturated heterocycles. The molecule has 0 spiro atoms. The maximum atomic E-state index is 2.60. The van der Waals surface area contributed by atoms with Crippen LogP contribution in [0.25, 0.3) is 0 Å². The van der Waals surface area contributed by atoms with E-state index in [4.69, 9.17) is 0 Å². The molecule has 0 aromatic heterocycles. The topological polar surface area (TPSA) is 3.24 Å². The SMILES string of the molecule is C[Si]1(C)CCN(Cc2ccccc2)CC1. The summed E-state index contributed by atoms with van der Waals surface area (Å²) in [7, 11) is -0.791. The molecule has 0 aliphatic carbocycles. The van der Waals surface area contributed by atoms with Gasteiger partial charge in [0.05, 0.1) is 0 Å². The fraction of sp³-hybridized carbons (Fsp3) is 0.538. The number of hydrogen-bond donors (Lipinski definition) is 0. The van der Waals surface area contributed by atoms with Gasteiger partial charge in [0.15, 0.2) is 0 Å². The van der Waals surface area contributed by atoms with E-state index in [-0.39, 0.29) is 0 Å². The smallest absolute Gasteiger partial charge is 0.0498 e. The van der Waals surface area contributed by atoms with E-state index >= 15 is 0 Å². The molecule has 82 valence electrons. The first-order valence-electron chi connectivity index (χ1n) is 5.92. The summed E-state index contributed by atoms with van der Waals surface area (Å²) in [6, 6.07) is 13.8. The fourth-order valence-electron chi connectivity index (χ4n) is 2.16. The summed E-state index contributed by atoms with van der Waals surface area (Å²) in [5, 5.41) is 0. The first-order chi connectivity index (χ1) is 7.16. The highest BCUT2D eigenvalue weighted by atomic mass is 28.3. The summed E-state index contributed by atoms with van der Waals surface area (Å²) in [4.78, 5) is 2.60. The van der Waals surface area contributed by atoms with Gasteiger partial charge < -0.3 is 0 Å². The largest absolute Gasteiger partial charge is 0.300 e. The van der Waals surface area contributed by atoms with Crippen LogP contribution in [0.3, 0.4) is 0 Å². The van der Waals surface area contributed by atoms with Gasteiger partial charge in [0, 0.05) is 14.6 Å². The summed E-state index contributed by atoms with van der Waals surface area (Å²) >= 11 is 0. The van der Waals surface area contributed by atoms with E-state index in [2.05, 4.69) is 48.3 Å². The molecule has 2 rings (SSSR count). The number of benzene rings is 1. The van der Waals surface area contributed by atoms with Gasteiger partial charge in [0.25, 0.3) is 0 Å². The molecule has 0 amide bonds. The van der Waals surface area contributed by atoms with Crippen molar-refractivity contribution in [1.29, 1.82) is 0 Å². The van der Waals surface area contributed by atoms with E-state index in [1.54, 1.807) is 0 Å². The molecule has 0 unspecified atom stereocenters. The third kappa shape index (κ3) is 3.18. The molecule has 0 saturated carbocycles. The Morgan fingerprint density at radius 3 is 2.27 bits per heavy atom. The van der Waals surface area contributed by atoms with Crippen LogP contribution in [0.2, 0.25) is 25.2 Å². The maximum absolute atomic E-state index is 2.60. The normalized spacial score (nSPS) is 21.5. The van der Waals surface area contributed by atoms with Crippen LogP contribution in [0.1, 0.15) is 5.56 Å². The predicted molar refractivity (Wildman–Crippen MR) is 68.8 cm³/mol. The van der Waals surface area contributed by atoms with Gasteiger partial charge in [-0.1, -0.05) is 43.4 Å². The lowest BCUT2D eigenvalue weighted by molar-refractivity contribution is 0.282. The van der Waals surface area contributed by atoms with Crippen LogP contribution in [0.5, 0.6) is 0 Å². The van der Waals surface area contributed by atoms with Crippen molar-refractivity contribution in [2.24, 2.45) is 0 Å². The third-order valence-corrected chi connectivity index (χ3v) is 6.61. The zero-order valence-electron chi connectivity index (χ0n) is 9.87. The van der Waals surface area contributed by atoms with Gasteiger partial charge in [0.1, 0.15) is 0 Å². The van der Waals surface area contributed by atoms with Crippen LogP contribution in [0.4, 0.5) is 0 Å². The van der Waals surface area contributed by atoms with E-state index in [0.29, 0.717) is 0 Å². The van der Waals surface area contributed by atoms with Gasteiger partial charge in [0.2, 0.25) is 0 Å². The van der Waals surface area contributed by atoms with Crippen molar-refractivity contribution in [3.05, 3.63) is 35.9 Å². The summed E-state index contributed by atoms with van der Waals surface area (Å²) < 4.78 is 0. The van der Waals surface area contributed by atoms with E-state index < -0.39 is 8.07 Å². The zero-order valence-corrected chi connectivity index (χ0v) is 10.9. The molecular weight excluding hydrogens is 198 g/mol. The van der Waals surface area contributed by atoms with Gasteiger partial charge in [-0.05, 0) is 30.7 Å².